The van der Waals surface area contributed by atoms with Gasteiger partial charge in [0, 0.05) is 19.3 Å². The van der Waals surface area contributed by atoms with Gasteiger partial charge in [0.1, 0.15) is 0 Å². The fourth-order valence-corrected chi connectivity index (χ4v) is 5.21. The van der Waals surface area contributed by atoms with Gasteiger partial charge in [-0.25, -0.2) is 13.1 Å². The van der Waals surface area contributed by atoms with Crippen LogP contribution < -0.4 is 4.72 Å². The van der Waals surface area contributed by atoms with Crippen molar-refractivity contribution in [3.05, 3.63) is 29.3 Å². The van der Waals surface area contributed by atoms with Crippen molar-refractivity contribution in [3.8, 4) is 0 Å². The van der Waals surface area contributed by atoms with E-state index in [1.54, 1.807) is 6.07 Å². The van der Waals surface area contributed by atoms with Gasteiger partial charge in [-0.1, -0.05) is 12.1 Å². The summed E-state index contributed by atoms with van der Waals surface area (Å²) < 4.78 is 33.8. The predicted molar refractivity (Wildman–Crippen MR) is 81.7 cm³/mol. The molecule has 0 amide bonds. The fourth-order valence-electron chi connectivity index (χ4n) is 3.50. The van der Waals surface area contributed by atoms with Crippen LogP contribution >= 0.6 is 0 Å². The minimum Gasteiger partial charge on any atom is -0.381 e. The fraction of sp³-hybridized carbons (Fsp3) is 0.625. The molecule has 1 aliphatic heterocycles. The molecule has 1 heterocycles. The lowest BCUT2D eigenvalue weighted by atomic mass is 9.60. The lowest BCUT2D eigenvalue weighted by molar-refractivity contribution is -0.0483. The normalized spacial score (nSPS) is 24.8. The maximum absolute atomic E-state index is 12.7. The third kappa shape index (κ3) is 2.74. The third-order valence-corrected chi connectivity index (χ3v) is 6.70. The molecule has 3 rings (SSSR count). The van der Waals surface area contributed by atoms with Crippen LogP contribution in [0.15, 0.2) is 23.1 Å². The summed E-state index contributed by atoms with van der Waals surface area (Å²) in [6.45, 7) is 5.27. The molecule has 116 valence electrons. The van der Waals surface area contributed by atoms with E-state index in [4.69, 9.17) is 4.74 Å². The monoisotopic (exact) mass is 309 g/mol. The zero-order valence-corrected chi connectivity index (χ0v) is 13.5. The molecule has 1 saturated heterocycles. The molecule has 4 nitrogen and oxygen atoms in total. The Balaban J connectivity index is 1.82. The molecule has 1 N–H and O–H groups in total. The minimum absolute atomic E-state index is 0.0614. The highest BCUT2D eigenvalue weighted by atomic mass is 32.2. The Bertz CT molecular complexity index is 633. The smallest absolute Gasteiger partial charge is 0.241 e. The summed E-state index contributed by atoms with van der Waals surface area (Å²) in [6, 6.07) is 5.63. The van der Waals surface area contributed by atoms with Crippen LogP contribution in [0, 0.1) is 19.3 Å². The Labute approximate surface area is 126 Å². The van der Waals surface area contributed by atoms with E-state index < -0.39 is 10.0 Å². The van der Waals surface area contributed by atoms with Gasteiger partial charge in [-0.3, -0.25) is 0 Å². The Kier molecular flexibility index (Phi) is 3.84. The Morgan fingerprint density at radius 2 is 1.90 bits per heavy atom. The lowest BCUT2D eigenvalue weighted by Crippen LogP contribution is -2.57. The molecule has 0 aromatic heterocycles. The van der Waals surface area contributed by atoms with E-state index in [0.29, 0.717) is 4.90 Å². The summed E-state index contributed by atoms with van der Waals surface area (Å²) in [7, 11) is -3.44. The van der Waals surface area contributed by atoms with E-state index in [1.165, 1.54) is 0 Å². The van der Waals surface area contributed by atoms with Gasteiger partial charge in [0.15, 0.2) is 0 Å². The predicted octanol–water partition coefficient (Wildman–Crippen LogP) is 2.54. The molecule has 0 radical (unpaired) electrons. The van der Waals surface area contributed by atoms with Crippen molar-refractivity contribution < 1.29 is 13.2 Å². The Morgan fingerprint density at radius 1 is 1.19 bits per heavy atom. The lowest BCUT2D eigenvalue weighted by Gasteiger charge is -2.51. The second-order valence-electron chi connectivity index (χ2n) is 6.46. The number of rotatable bonds is 3. The molecule has 0 bridgehead atoms. The Hall–Kier alpha value is -0.910. The van der Waals surface area contributed by atoms with Crippen LogP contribution in [-0.4, -0.2) is 27.7 Å². The maximum Gasteiger partial charge on any atom is 0.241 e. The van der Waals surface area contributed by atoms with Gasteiger partial charge < -0.3 is 4.74 Å². The second-order valence-corrected chi connectivity index (χ2v) is 8.14. The molecule has 1 spiro atoms. The van der Waals surface area contributed by atoms with Crippen LogP contribution in [0.1, 0.15) is 36.8 Å². The van der Waals surface area contributed by atoms with E-state index >= 15 is 0 Å². The van der Waals surface area contributed by atoms with Crippen LogP contribution in [0.2, 0.25) is 0 Å². The van der Waals surface area contributed by atoms with E-state index in [1.807, 2.05) is 26.0 Å². The van der Waals surface area contributed by atoms with Gasteiger partial charge in [-0.2, -0.15) is 0 Å². The summed E-state index contributed by atoms with van der Waals surface area (Å²) in [6.07, 6.45) is 3.97. The highest BCUT2D eigenvalue weighted by Crippen LogP contribution is 2.49. The van der Waals surface area contributed by atoms with Gasteiger partial charge in [-0.15, -0.1) is 0 Å². The molecule has 1 aromatic rings. The zero-order valence-electron chi connectivity index (χ0n) is 12.7. The molecule has 2 aliphatic rings. The van der Waals surface area contributed by atoms with Gasteiger partial charge in [0.25, 0.3) is 0 Å². The van der Waals surface area contributed by atoms with Gasteiger partial charge in [0.2, 0.25) is 10.0 Å². The van der Waals surface area contributed by atoms with Crippen LogP contribution in [0.4, 0.5) is 0 Å². The van der Waals surface area contributed by atoms with Crippen molar-refractivity contribution in [2.45, 2.75) is 50.5 Å². The van der Waals surface area contributed by atoms with Crippen molar-refractivity contribution >= 4 is 10.0 Å². The Morgan fingerprint density at radius 3 is 2.52 bits per heavy atom. The maximum atomic E-state index is 12.7. The number of sulfonamides is 1. The minimum atomic E-state index is -3.44. The number of nitrogens with one attached hydrogen (secondary N) is 1. The molecule has 2 fully saturated rings. The molecule has 1 saturated carbocycles. The van der Waals surface area contributed by atoms with Crippen LogP contribution in [0.25, 0.3) is 0 Å². The second kappa shape index (κ2) is 5.38. The molecular weight excluding hydrogens is 286 g/mol. The van der Waals surface area contributed by atoms with E-state index in [-0.39, 0.29) is 11.5 Å². The average Bonchev–Trinajstić information content (AvgIpc) is 2.47. The largest absolute Gasteiger partial charge is 0.381 e. The molecule has 1 unspecified atom stereocenters. The number of benzene rings is 1. The first-order valence-corrected chi connectivity index (χ1v) is 9.09. The van der Waals surface area contributed by atoms with Crippen LogP contribution in [-0.2, 0) is 14.8 Å². The average molecular weight is 309 g/mol. The van der Waals surface area contributed by atoms with E-state index in [2.05, 4.69) is 4.72 Å². The molecule has 1 atom stereocenters. The van der Waals surface area contributed by atoms with Crippen molar-refractivity contribution in [1.29, 1.82) is 0 Å². The van der Waals surface area contributed by atoms with Crippen molar-refractivity contribution in [3.63, 3.8) is 0 Å². The van der Waals surface area contributed by atoms with Crippen molar-refractivity contribution in [2.24, 2.45) is 5.41 Å². The van der Waals surface area contributed by atoms with Crippen molar-refractivity contribution in [1.82, 2.24) is 4.72 Å². The van der Waals surface area contributed by atoms with Crippen LogP contribution in [0.3, 0.4) is 0 Å². The first kappa shape index (κ1) is 15.0. The SMILES string of the molecule is Cc1ccc(C)c(S(=O)(=O)NC2CCC23CCOCC3)c1. The summed E-state index contributed by atoms with van der Waals surface area (Å²) in [4.78, 5) is 0.414. The van der Waals surface area contributed by atoms with Crippen molar-refractivity contribution in [2.75, 3.05) is 13.2 Å². The van der Waals surface area contributed by atoms with Gasteiger partial charge in [-0.05, 0) is 62.1 Å². The molecule has 1 aliphatic carbocycles. The number of hydrogen-bond donors (Lipinski definition) is 1. The summed E-state index contributed by atoms with van der Waals surface area (Å²) >= 11 is 0. The number of ether oxygens (including phenoxy) is 1. The summed E-state index contributed by atoms with van der Waals surface area (Å²) in [5, 5.41) is 0. The number of aryl methyl sites for hydroxylation is 2. The molecule has 21 heavy (non-hydrogen) atoms. The molecular formula is C16H23NO3S. The molecule has 1 aromatic carbocycles. The summed E-state index contributed by atoms with van der Waals surface area (Å²) in [5.41, 5.74) is 1.90. The van der Waals surface area contributed by atoms with Gasteiger partial charge >= 0.3 is 0 Å². The van der Waals surface area contributed by atoms with Crippen LogP contribution in [0.5, 0.6) is 0 Å². The zero-order chi connectivity index (χ0) is 15.1. The summed E-state index contributed by atoms with van der Waals surface area (Å²) in [5.74, 6) is 0. The topological polar surface area (TPSA) is 55.4 Å². The third-order valence-electron chi connectivity index (χ3n) is 5.09. The quantitative estimate of drug-likeness (QED) is 0.933. The van der Waals surface area contributed by atoms with Gasteiger partial charge in [0.05, 0.1) is 4.90 Å². The first-order valence-electron chi connectivity index (χ1n) is 7.60. The highest BCUT2D eigenvalue weighted by molar-refractivity contribution is 7.89. The van der Waals surface area contributed by atoms with E-state index in [0.717, 1.165) is 50.0 Å². The number of hydrogen-bond acceptors (Lipinski definition) is 3. The molecule has 5 heteroatoms. The highest BCUT2D eigenvalue weighted by Gasteiger charge is 2.48. The van der Waals surface area contributed by atoms with E-state index in [9.17, 15) is 8.42 Å². The first-order chi connectivity index (χ1) is 9.93. The standard InChI is InChI=1S/C16H23NO3S/c1-12-3-4-13(2)14(11-12)21(18,19)17-15-5-6-16(15)7-9-20-10-8-16/h3-4,11,15,17H,5-10H2,1-2H3.